The third kappa shape index (κ3) is 1.63. The molecule has 60 valence electrons. The van der Waals surface area contributed by atoms with Crippen molar-refractivity contribution in [3.05, 3.63) is 0 Å². The Bertz CT molecular complexity index is 107. The summed E-state index contributed by atoms with van der Waals surface area (Å²) in [5.74, 6) is 0.675. The first-order chi connectivity index (χ1) is 4.75. The van der Waals surface area contributed by atoms with Gasteiger partial charge in [0, 0.05) is 0 Å². The van der Waals surface area contributed by atoms with Crippen LogP contribution in [0.3, 0.4) is 0 Å². The summed E-state index contributed by atoms with van der Waals surface area (Å²) < 4.78 is 5.07. The molecule has 0 aromatic heterocycles. The highest BCUT2D eigenvalue weighted by Crippen LogP contribution is 2.17. The van der Waals surface area contributed by atoms with Crippen LogP contribution in [-0.4, -0.2) is 40.9 Å². The molecule has 0 aromatic rings. The van der Waals surface area contributed by atoms with Gasteiger partial charge in [0.15, 0.2) is 0 Å². The predicted octanol–water partition coefficient (Wildman–Crippen LogP) is -0.573. The van der Waals surface area contributed by atoms with Crippen molar-refractivity contribution >= 4 is 12.6 Å². The van der Waals surface area contributed by atoms with E-state index in [0.717, 1.165) is 0 Å². The molecule has 0 bridgehead atoms. The van der Waals surface area contributed by atoms with Crippen molar-refractivity contribution in [1.82, 2.24) is 0 Å². The van der Waals surface area contributed by atoms with Gasteiger partial charge in [0.05, 0.1) is 12.7 Å². The SMILES string of the molecule is OC1COC(CCS)C1O. The first-order valence-electron chi connectivity index (χ1n) is 3.34. The van der Waals surface area contributed by atoms with E-state index in [1.807, 2.05) is 0 Å². The first-order valence-corrected chi connectivity index (χ1v) is 3.97. The number of aliphatic hydroxyl groups is 2. The summed E-state index contributed by atoms with van der Waals surface area (Å²) in [6.45, 7) is 0.250. The second-order valence-electron chi connectivity index (χ2n) is 2.44. The van der Waals surface area contributed by atoms with Crippen LogP contribution in [0.1, 0.15) is 6.42 Å². The molecule has 0 amide bonds. The maximum Gasteiger partial charge on any atom is 0.108 e. The summed E-state index contributed by atoms with van der Waals surface area (Å²) >= 11 is 3.99. The summed E-state index contributed by atoms with van der Waals surface area (Å²) in [4.78, 5) is 0. The van der Waals surface area contributed by atoms with Crippen LogP contribution >= 0.6 is 12.6 Å². The Morgan fingerprint density at radius 3 is 2.60 bits per heavy atom. The normalized spacial score (nSPS) is 40.5. The van der Waals surface area contributed by atoms with Crippen LogP contribution in [0, 0.1) is 0 Å². The van der Waals surface area contributed by atoms with E-state index in [-0.39, 0.29) is 12.7 Å². The summed E-state index contributed by atoms with van der Waals surface area (Å²) in [5.41, 5.74) is 0. The lowest BCUT2D eigenvalue weighted by atomic mass is 10.1. The molecule has 0 radical (unpaired) electrons. The van der Waals surface area contributed by atoms with Gasteiger partial charge in [-0.05, 0) is 12.2 Å². The monoisotopic (exact) mass is 164 g/mol. The molecule has 0 spiro atoms. The van der Waals surface area contributed by atoms with Crippen LogP contribution in [0.15, 0.2) is 0 Å². The maximum atomic E-state index is 9.18. The van der Waals surface area contributed by atoms with Crippen LogP contribution in [-0.2, 0) is 4.74 Å². The van der Waals surface area contributed by atoms with E-state index >= 15 is 0 Å². The molecule has 1 heterocycles. The van der Waals surface area contributed by atoms with Gasteiger partial charge < -0.3 is 14.9 Å². The Kier molecular flexibility index (Phi) is 2.97. The molecule has 1 aliphatic heterocycles. The fourth-order valence-electron chi connectivity index (χ4n) is 1.05. The number of rotatable bonds is 2. The van der Waals surface area contributed by atoms with E-state index in [9.17, 15) is 5.11 Å². The van der Waals surface area contributed by atoms with Gasteiger partial charge in [-0.25, -0.2) is 0 Å². The van der Waals surface area contributed by atoms with Gasteiger partial charge in [-0.3, -0.25) is 0 Å². The number of hydrogen-bond donors (Lipinski definition) is 3. The van der Waals surface area contributed by atoms with Crippen LogP contribution in [0.25, 0.3) is 0 Å². The van der Waals surface area contributed by atoms with Gasteiger partial charge in [0.1, 0.15) is 12.2 Å². The minimum atomic E-state index is -0.716. The van der Waals surface area contributed by atoms with Crippen LogP contribution in [0.5, 0.6) is 0 Å². The van der Waals surface area contributed by atoms with Crippen molar-refractivity contribution in [3.8, 4) is 0 Å². The molecule has 1 fully saturated rings. The summed E-state index contributed by atoms with van der Waals surface area (Å²) in [6, 6.07) is 0. The number of hydrogen-bond acceptors (Lipinski definition) is 4. The zero-order chi connectivity index (χ0) is 7.56. The molecule has 1 saturated heterocycles. The van der Waals surface area contributed by atoms with Gasteiger partial charge in [-0.15, -0.1) is 0 Å². The van der Waals surface area contributed by atoms with Gasteiger partial charge >= 0.3 is 0 Å². The lowest BCUT2D eigenvalue weighted by Gasteiger charge is -2.12. The average molecular weight is 164 g/mol. The van der Waals surface area contributed by atoms with Crippen molar-refractivity contribution in [2.45, 2.75) is 24.7 Å². The van der Waals surface area contributed by atoms with Gasteiger partial charge in [-0.2, -0.15) is 12.6 Å². The molecule has 0 aromatic carbocycles. The Morgan fingerprint density at radius 1 is 1.50 bits per heavy atom. The van der Waals surface area contributed by atoms with Crippen molar-refractivity contribution < 1.29 is 14.9 Å². The van der Waals surface area contributed by atoms with E-state index in [1.54, 1.807) is 0 Å². The molecule has 3 nitrogen and oxygen atoms in total. The van der Waals surface area contributed by atoms with Crippen molar-refractivity contribution in [1.29, 1.82) is 0 Å². The minimum Gasteiger partial charge on any atom is -0.388 e. The Labute approximate surface area is 65.4 Å². The minimum absolute atomic E-state index is 0.215. The third-order valence-corrected chi connectivity index (χ3v) is 1.93. The zero-order valence-electron chi connectivity index (χ0n) is 5.60. The van der Waals surface area contributed by atoms with Crippen molar-refractivity contribution in [2.75, 3.05) is 12.4 Å². The molecule has 10 heavy (non-hydrogen) atoms. The second kappa shape index (κ2) is 3.57. The van der Waals surface area contributed by atoms with E-state index < -0.39 is 12.2 Å². The lowest BCUT2D eigenvalue weighted by Crippen LogP contribution is -2.29. The Balaban J connectivity index is 2.33. The third-order valence-electron chi connectivity index (χ3n) is 1.67. The van der Waals surface area contributed by atoms with Crippen molar-refractivity contribution in [3.63, 3.8) is 0 Å². The van der Waals surface area contributed by atoms with E-state index in [2.05, 4.69) is 12.6 Å². The molecule has 0 saturated carbocycles. The molecule has 4 heteroatoms. The van der Waals surface area contributed by atoms with Gasteiger partial charge in [0.25, 0.3) is 0 Å². The molecule has 2 N–H and O–H groups in total. The number of ether oxygens (including phenoxy) is 1. The van der Waals surface area contributed by atoms with Crippen LogP contribution in [0.2, 0.25) is 0 Å². The zero-order valence-corrected chi connectivity index (χ0v) is 6.50. The van der Waals surface area contributed by atoms with E-state index in [0.29, 0.717) is 12.2 Å². The van der Waals surface area contributed by atoms with Crippen molar-refractivity contribution in [2.24, 2.45) is 0 Å². The predicted molar refractivity (Wildman–Crippen MR) is 40.2 cm³/mol. The molecule has 1 rings (SSSR count). The average Bonchev–Trinajstić information content (AvgIpc) is 2.20. The molecular formula is C6H12O3S. The fraction of sp³-hybridized carbons (Fsp3) is 1.00. The summed E-state index contributed by atoms with van der Waals surface area (Å²) in [7, 11) is 0. The molecule has 3 atom stereocenters. The van der Waals surface area contributed by atoms with Crippen LogP contribution in [0.4, 0.5) is 0 Å². The second-order valence-corrected chi connectivity index (χ2v) is 2.89. The maximum absolute atomic E-state index is 9.18. The summed E-state index contributed by atoms with van der Waals surface area (Å²) in [5, 5.41) is 18.2. The smallest absolute Gasteiger partial charge is 0.108 e. The van der Waals surface area contributed by atoms with Crippen LogP contribution < -0.4 is 0 Å². The van der Waals surface area contributed by atoms with E-state index in [4.69, 9.17) is 9.84 Å². The largest absolute Gasteiger partial charge is 0.388 e. The van der Waals surface area contributed by atoms with E-state index in [1.165, 1.54) is 0 Å². The Hall–Kier alpha value is 0.230. The highest BCUT2D eigenvalue weighted by Gasteiger charge is 2.33. The molecule has 3 unspecified atom stereocenters. The fourth-order valence-corrected chi connectivity index (χ4v) is 1.30. The highest BCUT2D eigenvalue weighted by atomic mass is 32.1. The lowest BCUT2D eigenvalue weighted by molar-refractivity contribution is 0.0224. The number of thiol groups is 1. The topological polar surface area (TPSA) is 49.7 Å². The number of aliphatic hydroxyl groups excluding tert-OH is 2. The standard InChI is InChI=1S/C6H12O3S/c7-4-3-9-5(1-2-10)6(4)8/h4-8,10H,1-3H2. The Morgan fingerprint density at radius 2 is 2.20 bits per heavy atom. The molecule has 0 aliphatic carbocycles. The molecule has 1 aliphatic rings. The molecular weight excluding hydrogens is 152 g/mol. The quantitative estimate of drug-likeness (QED) is 0.479. The van der Waals surface area contributed by atoms with Gasteiger partial charge in [-0.1, -0.05) is 0 Å². The highest BCUT2D eigenvalue weighted by molar-refractivity contribution is 7.80. The first kappa shape index (κ1) is 8.33. The van der Waals surface area contributed by atoms with Gasteiger partial charge in [0.2, 0.25) is 0 Å². The summed E-state index contributed by atoms with van der Waals surface area (Å²) in [6.07, 6.45) is -0.939.